The van der Waals surface area contributed by atoms with Gasteiger partial charge in [-0.1, -0.05) is 18.2 Å². The third kappa shape index (κ3) is 4.91. The van der Waals surface area contributed by atoms with Crippen molar-refractivity contribution in [3.05, 3.63) is 54.1 Å². The zero-order valence-electron chi connectivity index (χ0n) is 11.3. The summed E-state index contributed by atoms with van der Waals surface area (Å²) < 4.78 is 45.4. The zero-order valence-corrected chi connectivity index (χ0v) is 11.3. The van der Waals surface area contributed by atoms with Gasteiger partial charge in [-0.2, -0.15) is 0 Å². The second-order valence-corrected chi connectivity index (χ2v) is 4.28. The fourth-order valence-electron chi connectivity index (χ4n) is 1.79. The Morgan fingerprint density at radius 2 is 1.71 bits per heavy atom. The van der Waals surface area contributed by atoms with Crippen LogP contribution < -0.4 is 14.8 Å². The van der Waals surface area contributed by atoms with E-state index in [2.05, 4.69) is 10.1 Å². The van der Waals surface area contributed by atoms with Crippen LogP contribution in [-0.2, 0) is 6.54 Å². The van der Waals surface area contributed by atoms with E-state index in [1.165, 1.54) is 18.2 Å². The van der Waals surface area contributed by atoms with Gasteiger partial charge in [0, 0.05) is 18.3 Å². The number of hydrogen-bond donors (Lipinski definition) is 1. The summed E-state index contributed by atoms with van der Waals surface area (Å²) in [5, 5.41) is 3.04. The second-order valence-electron chi connectivity index (χ2n) is 4.28. The van der Waals surface area contributed by atoms with Crippen LogP contribution in [0.2, 0.25) is 0 Å². The average Bonchev–Trinajstić information content (AvgIpc) is 2.44. The zero-order chi connectivity index (χ0) is 15.3. The maximum Gasteiger partial charge on any atom is 0.573 e. The topological polar surface area (TPSA) is 30.5 Å². The van der Waals surface area contributed by atoms with Crippen LogP contribution in [0.5, 0.6) is 11.5 Å². The molecule has 0 spiro atoms. The third-order valence-corrected chi connectivity index (χ3v) is 2.70. The normalized spacial score (nSPS) is 11.0. The number of alkyl halides is 3. The number of anilines is 1. The predicted octanol–water partition coefficient (Wildman–Crippen LogP) is 4.21. The molecule has 2 aromatic carbocycles. The minimum absolute atomic E-state index is 0.252. The first-order valence-corrected chi connectivity index (χ1v) is 6.19. The Balaban J connectivity index is 2.01. The SMILES string of the molecule is COc1cccc(CNc2cccc(OC(F)(F)F)c2)c1. The molecule has 2 aromatic rings. The molecular formula is C15H14F3NO2. The monoisotopic (exact) mass is 297 g/mol. The van der Waals surface area contributed by atoms with Crippen LogP contribution in [0.25, 0.3) is 0 Å². The van der Waals surface area contributed by atoms with Crippen LogP contribution in [0.3, 0.4) is 0 Å². The van der Waals surface area contributed by atoms with Gasteiger partial charge in [-0.3, -0.25) is 0 Å². The number of hydrogen-bond acceptors (Lipinski definition) is 3. The highest BCUT2D eigenvalue weighted by molar-refractivity contribution is 5.48. The Morgan fingerprint density at radius 1 is 1.00 bits per heavy atom. The van der Waals surface area contributed by atoms with Crippen molar-refractivity contribution in [2.24, 2.45) is 0 Å². The van der Waals surface area contributed by atoms with Gasteiger partial charge in [0.1, 0.15) is 11.5 Å². The quantitative estimate of drug-likeness (QED) is 0.897. The second kappa shape index (κ2) is 6.39. The standard InChI is InChI=1S/C15H14F3NO2/c1-20-13-6-2-4-11(8-13)10-19-12-5-3-7-14(9-12)21-15(16,17)18/h2-9,19H,10H2,1H3. The summed E-state index contributed by atoms with van der Waals surface area (Å²) in [5.41, 5.74) is 1.50. The molecular weight excluding hydrogens is 283 g/mol. The molecule has 0 fully saturated rings. The number of methoxy groups -OCH3 is 1. The molecule has 6 heteroatoms. The summed E-state index contributed by atoms with van der Waals surface area (Å²) in [5.74, 6) is 0.474. The van der Waals surface area contributed by atoms with Crippen molar-refractivity contribution in [2.45, 2.75) is 12.9 Å². The molecule has 0 unspecified atom stereocenters. The van der Waals surface area contributed by atoms with Crippen molar-refractivity contribution >= 4 is 5.69 Å². The molecule has 21 heavy (non-hydrogen) atoms. The van der Waals surface area contributed by atoms with Crippen molar-refractivity contribution in [3.63, 3.8) is 0 Å². The lowest BCUT2D eigenvalue weighted by atomic mass is 10.2. The number of halogens is 3. The predicted molar refractivity (Wildman–Crippen MR) is 73.4 cm³/mol. The highest BCUT2D eigenvalue weighted by Crippen LogP contribution is 2.25. The van der Waals surface area contributed by atoms with E-state index in [9.17, 15) is 13.2 Å². The van der Waals surface area contributed by atoms with Crippen LogP contribution in [0, 0.1) is 0 Å². The molecule has 0 radical (unpaired) electrons. The lowest BCUT2D eigenvalue weighted by Gasteiger charge is -2.11. The first kappa shape index (κ1) is 15.0. The maximum atomic E-state index is 12.2. The molecule has 2 rings (SSSR count). The van der Waals surface area contributed by atoms with Crippen LogP contribution in [-0.4, -0.2) is 13.5 Å². The molecule has 0 heterocycles. The van der Waals surface area contributed by atoms with Crippen LogP contribution in [0.1, 0.15) is 5.56 Å². The van der Waals surface area contributed by atoms with Crippen LogP contribution in [0.4, 0.5) is 18.9 Å². The minimum Gasteiger partial charge on any atom is -0.497 e. The first-order chi connectivity index (χ1) is 9.96. The highest BCUT2D eigenvalue weighted by atomic mass is 19.4. The van der Waals surface area contributed by atoms with E-state index >= 15 is 0 Å². The largest absolute Gasteiger partial charge is 0.573 e. The Labute approximate surface area is 120 Å². The molecule has 112 valence electrons. The summed E-state index contributed by atoms with van der Waals surface area (Å²) in [6, 6.07) is 13.1. The molecule has 1 N–H and O–H groups in total. The van der Waals surface area contributed by atoms with Gasteiger partial charge < -0.3 is 14.8 Å². The fraction of sp³-hybridized carbons (Fsp3) is 0.200. The Kier molecular flexibility index (Phi) is 4.57. The van der Waals surface area contributed by atoms with E-state index in [0.29, 0.717) is 12.2 Å². The molecule has 0 saturated heterocycles. The number of rotatable bonds is 5. The van der Waals surface area contributed by atoms with Crippen LogP contribution in [0.15, 0.2) is 48.5 Å². The Bertz CT molecular complexity index is 599. The molecule has 0 atom stereocenters. The van der Waals surface area contributed by atoms with Gasteiger partial charge >= 0.3 is 6.36 Å². The van der Waals surface area contributed by atoms with Gasteiger partial charge in [0.05, 0.1) is 7.11 Å². The van der Waals surface area contributed by atoms with Crippen molar-refractivity contribution in [1.82, 2.24) is 0 Å². The summed E-state index contributed by atoms with van der Waals surface area (Å²) in [6.07, 6.45) is -4.69. The fourth-order valence-corrected chi connectivity index (χ4v) is 1.79. The Hall–Kier alpha value is -2.37. The molecule has 0 amide bonds. The summed E-state index contributed by atoms with van der Waals surface area (Å²) >= 11 is 0. The molecule has 0 aliphatic rings. The summed E-state index contributed by atoms with van der Waals surface area (Å²) in [7, 11) is 1.57. The van der Waals surface area contributed by atoms with Gasteiger partial charge in [-0.15, -0.1) is 13.2 Å². The molecule has 0 bridgehead atoms. The molecule has 0 aliphatic heterocycles. The molecule has 0 aromatic heterocycles. The van der Waals surface area contributed by atoms with Gasteiger partial charge in [0.15, 0.2) is 0 Å². The van der Waals surface area contributed by atoms with E-state index in [-0.39, 0.29) is 5.75 Å². The third-order valence-electron chi connectivity index (χ3n) is 2.70. The number of ether oxygens (including phenoxy) is 2. The maximum absolute atomic E-state index is 12.2. The molecule has 0 aliphatic carbocycles. The summed E-state index contributed by atoms with van der Waals surface area (Å²) in [6.45, 7) is 0.465. The first-order valence-electron chi connectivity index (χ1n) is 6.19. The number of benzene rings is 2. The Morgan fingerprint density at radius 3 is 2.43 bits per heavy atom. The van der Waals surface area contributed by atoms with Crippen molar-refractivity contribution < 1.29 is 22.6 Å². The lowest BCUT2D eigenvalue weighted by molar-refractivity contribution is -0.274. The molecule has 0 saturated carbocycles. The van der Waals surface area contributed by atoms with E-state index in [0.717, 1.165) is 11.3 Å². The van der Waals surface area contributed by atoms with Gasteiger partial charge in [0.2, 0.25) is 0 Å². The lowest BCUT2D eigenvalue weighted by Crippen LogP contribution is -2.17. The van der Waals surface area contributed by atoms with E-state index in [1.54, 1.807) is 13.2 Å². The van der Waals surface area contributed by atoms with Crippen molar-refractivity contribution in [3.8, 4) is 11.5 Å². The van der Waals surface area contributed by atoms with Crippen molar-refractivity contribution in [1.29, 1.82) is 0 Å². The van der Waals surface area contributed by atoms with Crippen molar-refractivity contribution in [2.75, 3.05) is 12.4 Å². The van der Waals surface area contributed by atoms with E-state index < -0.39 is 6.36 Å². The highest BCUT2D eigenvalue weighted by Gasteiger charge is 2.31. The smallest absolute Gasteiger partial charge is 0.497 e. The molecule has 3 nitrogen and oxygen atoms in total. The van der Waals surface area contributed by atoms with E-state index in [1.807, 2.05) is 24.3 Å². The van der Waals surface area contributed by atoms with Gasteiger partial charge in [0.25, 0.3) is 0 Å². The van der Waals surface area contributed by atoms with Crippen LogP contribution >= 0.6 is 0 Å². The van der Waals surface area contributed by atoms with E-state index in [4.69, 9.17) is 4.74 Å². The average molecular weight is 297 g/mol. The van der Waals surface area contributed by atoms with Gasteiger partial charge in [-0.05, 0) is 29.8 Å². The van der Waals surface area contributed by atoms with Gasteiger partial charge in [-0.25, -0.2) is 0 Å². The number of nitrogens with one attached hydrogen (secondary N) is 1. The summed E-state index contributed by atoms with van der Waals surface area (Å²) in [4.78, 5) is 0. The minimum atomic E-state index is -4.69.